The highest BCUT2D eigenvalue weighted by Crippen LogP contribution is 2.21. The van der Waals surface area contributed by atoms with Gasteiger partial charge in [0, 0.05) is 0 Å². The van der Waals surface area contributed by atoms with Gasteiger partial charge in [-0.15, -0.1) is 0 Å². The Bertz CT molecular complexity index is 250. The predicted octanol–water partition coefficient (Wildman–Crippen LogP) is 2.99. The minimum atomic E-state index is -0.270. The van der Waals surface area contributed by atoms with Crippen LogP contribution in [0.5, 0.6) is 5.75 Å². The standard InChI is InChI=1S/C8H8BrFO/c1-2-11-6-3-4-8(10)7(9)5-6/h3-5H,2H2,1H3. The summed E-state index contributed by atoms with van der Waals surface area (Å²) in [6, 6.07) is 4.58. The third kappa shape index (κ3) is 2.19. The summed E-state index contributed by atoms with van der Waals surface area (Å²) in [5.74, 6) is 0.411. The molecular weight excluding hydrogens is 211 g/mol. The van der Waals surface area contributed by atoms with Crippen LogP contribution in [0.2, 0.25) is 0 Å². The van der Waals surface area contributed by atoms with E-state index in [4.69, 9.17) is 4.74 Å². The Hall–Kier alpha value is -0.570. The van der Waals surface area contributed by atoms with Gasteiger partial charge in [-0.3, -0.25) is 0 Å². The van der Waals surface area contributed by atoms with Crippen molar-refractivity contribution in [1.82, 2.24) is 0 Å². The lowest BCUT2D eigenvalue weighted by molar-refractivity contribution is 0.339. The molecule has 1 aromatic carbocycles. The number of hydrogen-bond donors (Lipinski definition) is 0. The first kappa shape index (κ1) is 8.53. The fourth-order valence-electron chi connectivity index (χ4n) is 0.733. The van der Waals surface area contributed by atoms with Crippen LogP contribution >= 0.6 is 15.9 Å². The molecule has 0 unspecified atom stereocenters. The largest absolute Gasteiger partial charge is 0.494 e. The van der Waals surface area contributed by atoms with Gasteiger partial charge in [-0.25, -0.2) is 4.39 Å². The summed E-state index contributed by atoms with van der Waals surface area (Å²) in [4.78, 5) is 0. The van der Waals surface area contributed by atoms with Gasteiger partial charge in [0.05, 0.1) is 11.1 Å². The normalized spacial score (nSPS) is 9.73. The zero-order chi connectivity index (χ0) is 8.27. The molecule has 0 aromatic heterocycles. The molecule has 0 aliphatic heterocycles. The van der Waals surface area contributed by atoms with Crippen LogP contribution in [0.15, 0.2) is 22.7 Å². The van der Waals surface area contributed by atoms with E-state index in [2.05, 4.69) is 15.9 Å². The van der Waals surface area contributed by atoms with Gasteiger partial charge in [-0.2, -0.15) is 0 Å². The average Bonchev–Trinajstić information content (AvgIpc) is 1.98. The van der Waals surface area contributed by atoms with E-state index in [9.17, 15) is 4.39 Å². The molecule has 1 aromatic rings. The van der Waals surface area contributed by atoms with Crippen LogP contribution in [0.4, 0.5) is 4.39 Å². The molecule has 0 saturated heterocycles. The molecule has 0 aliphatic carbocycles. The van der Waals surface area contributed by atoms with Crippen LogP contribution in [0.25, 0.3) is 0 Å². The Morgan fingerprint density at radius 1 is 1.55 bits per heavy atom. The molecule has 0 N–H and O–H groups in total. The van der Waals surface area contributed by atoms with E-state index in [0.29, 0.717) is 16.8 Å². The quantitative estimate of drug-likeness (QED) is 0.742. The van der Waals surface area contributed by atoms with Crippen LogP contribution in [0.3, 0.4) is 0 Å². The maximum atomic E-state index is 12.6. The van der Waals surface area contributed by atoms with Gasteiger partial charge in [0.25, 0.3) is 0 Å². The smallest absolute Gasteiger partial charge is 0.137 e. The van der Waals surface area contributed by atoms with Crippen LogP contribution < -0.4 is 4.74 Å². The van der Waals surface area contributed by atoms with Crippen molar-refractivity contribution in [2.45, 2.75) is 6.92 Å². The van der Waals surface area contributed by atoms with E-state index in [1.54, 1.807) is 12.1 Å². The van der Waals surface area contributed by atoms with Gasteiger partial charge in [-0.1, -0.05) is 0 Å². The van der Waals surface area contributed by atoms with Crippen LogP contribution in [0.1, 0.15) is 6.92 Å². The monoisotopic (exact) mass is 218 g/mol. The van der Waals surface area contributed by atoms with Crippen molar-refractivity contribution in [3.63, 3.8) is 0 Å². The van der Waals surface area contributed by atoms with Crippen molar-refractivity contribution in [3.8, 4) is 5.75 Å². The van der Waals surface area contributed by atoms with E-state index in [0.717, 1.165) is 0 Å². The zero-order valence-corrected chi connectivity index (χ0v) is 7.69. The number of benzene rings is 1. The maximum Gasteiger partial charge on any atom is 0.137 e. The second-order valence-corrected chi connectivity index (χ2v) is 2.86. The number of halogens is 2. The van der Waals surface area contributed by atoms with Crippen molar-refractivity contribution in [2.75, 3.05) is 6.61 Å². The van der Waals surface area contributed by atoms with Crippen molar-refractivity contribution < 1.29 is 9.13 Å². The molecule has 0 spiro atoms. The summed E-state index contributed by atoms with van der Waals surface area (Å²) in [7, 11) is 0. The molecule has 0 radical (unpaired) electrons. The lowest BCUT2D eigenvalue weighted by atomic mass is 10.3. The van der Waals surface area contributed by atoms with Crippen molar-refractivity contribution >= 4 is 15.9 Å². The number of hydrogen-bond acceptors (Lipinski definition) is 1. The molecular formula is C8H8BrFO. The Balaban J connectivity index is 2.86. The second kappa shape index (κ2) is 3.72. The van der Waals surface area contributed by atoms with Gasteiger partial charge in [0.2, 0.25) is 0 Å². The SMILES string of the molecule is CCOc1ccc(F)c(Br)c1. The summed E-state index contributed by atoms with van der Waals surface area (Å²) in [6.45, 7) is 2.48. The first-order chi connectivity index (χ1) is 5.24. The van der Waals surface area contributed by atoms with Gasteiger partial charge in [0.15, 0.2) is 0 Å². The van der Waals surface area contributed by atoms with Crippen LogP contribution in [0, 0.1) is 5.82 Å². The summed E-state index contributed by atoms with van der Waals surface area (Å²) in [5, 5.41) is 0. The second-order valence-electron chi connectivity index (χ2n) is 2.01. The molecule has 11 heavy (non-hydrogen) atoms. The maximum absolute atomic E-state index is 12.6. The topological polar surface area (TPSA) is 9.23 Å². The summed E-state index contributed by atoms with van der Waals surface area (Å²) < 4.78 is 18.2. The molecule has 3 heteroatoms. The molecule has 0 heterocycles. The Morgan fingerprint density at radius 2 is 2.27 bits per heavy atom. The first-order valence-electron chi connectivity index (χ1n) is 3.32. The van der Waals surface area contributed by atoms with Crippen molar-refractivity contribution in [2.24, 2.45) is 0 Å². The fourth-order valence-corrected chi connectivity index (χ4v) is 1.09. The molecule has 0 atom stereocenters. The van der Waals surface area contributed by atoms with Gasteiger partial charge in [-0.05, 0) is 41.1 Å². The summed E-state index contributed by atoms with van der Waals surface area (Å²) >= 11 is 3.06. The number of ether oxygens (including phenoxy) is 1. The predicted molar refractivity (Wildman–Crippen MR) is 45.3 cm³/mol. The van der Waals surface area contributed by atoms with E-state index in [-0.39, 0.29) is 5.82 Å². The third-order valence-electron chi connectivity index (χ3n) is 1.20. The van der Waals surface area contributed by atoms with Crippen LogP contribution in [-0.2, 0) is 0 Å². The third-order valence-corrected chi connectivity index (χ3v) is 1.81. The van der Waals surface area contributed by atoms with E-state index < -0.39 is 0 Å². The van der Waals surface area contributed by atoms with Gasteiger partial charge in [0.1, 0.15) is 11.6 Å². The lowest BCUT2D eigenvalue weighted by Gasteiger charge is -2.02. The highest BCUT2D eigenvalue weighted by atomic mass is 79.9. The Morgan fingerprint density at radius 3 is 2.82 bits per heavy atom. The van der Waals surface area contributed by atoms with Crippen molar-refractivity contribution in [1.29, 1.82) is 0 Å². The molecule has 60 valence electrons. The fraction of sp³-hybridized carbons (Fsp3) is 0.250. The average molecular weight is 219 g/mol. The van der Waals surface area contributed by atoms with E-state index in [1.165, 1.54) is 6.07 Å². The minimum Gasteiger partial charge on any atom is -0.494 e. The summed E-state index contributed by atoms with van der Waals surface area (Å²) in [5.41, 5.74) is 0. The summed E-state index contributed by atoms with van der Waals surface area (Å²) in [6.07, 6.45) is 0. The van der Waals surface area contributed by atoms with Gasteiger partial charge < -0.3 is 4.74 Å². The molecule has 1 nitrogen and oxygen atoms in total. The molecule has 0 saturated carbocycles. The van der Waals surface area contributed by atoms with E-state index >= 15 is 0 Å². The lowest BCUT2D eigenvalue weighted by Crippen LogP contribution is -1.91. The van der Waals surface area contributed by atoms with Crippen molar-refractivity contribution in [3.05, 3.63) is 28.5 Å². The molecule has 1 rings (SSSR count). The highest BCUT2D eigenvalue weighted by Gasteiger charge is 1.99. The van der Waals surface area contributed by atoms with Crippen LogP contribution in [-0.4, -0.2) is 6.61 Å². The minimum absolute atomic E-state index is 0.270. The Kier molecular flexibility index (Phi) is 2.88. The molecule has 0 aliphatic rings. The molecule has 0 amide bonds. The molecule has 0 bridgehead atoms. The zero-order valence-electron chi connectivity index (χ0n) is 6.10. The highest BCUT2D eigenvalue weighted by molar-refractivity contribution is 9.10. The first-order valence-corrected chi connectivity index (χ1v) is 4.11. The van der Waals surface area contributed by atoms with Gasteiger partial charge >= 0.3 is 0 Å². The molecule has 0 fully saturated rings. The van der Waals surface area contributed by atoms with E-state index in [1.807, 2.05) is 6.92 Å². The Labute approximate surface area is 73.3 Å². The number of rotatable bonds is 2.